The monoisotopic (exact) mass is 501 g/mol. The normalized spacial score (nSPS) is 17.2. The molecule has 0 spiro atoms. The first kappa shape index (κ1) is 25.3. The second kappa shape index (κ2) is 10.5. The number of hydrogen-bond acceptors (Lipinski definition) is 4. The Labute approximate surface area is 206 Å². The molecule has 0 bridgehead atoms. The zero-order chi connectivity index (χ0) is 25.2. The van der Waals surface area contributed by atoms with Crippen LogP contribution in [0.5, 0.6) is 0 Å². The molecule has 2 heterocycles. The molecule has 2 aliphatic heterocycles. The van der Waals surface area contributed by atoms with E-state index in [1.807, 2.05) is 6.92 Å². The molecule has 2 aliphatic rings. The molecule has 35 heavy (non-hydrogen) atoms. The van der Waals surface area contributed by atoms with Crippen LogP contribution in [0.15, 0.2) is 47.4 Å². The summed E-state index contributed by atoms with van der Waals surface area (Å²) >= 11 is 0. The molecule has 0 aliphatic carbocycles. The molecule has 0 unspecified atom stereocenters. The van der Waals surface area contributed by atoms with Crippen molar-refractivity contribution in [1.82, 2.24) is 4.31 Å². The Morgan fingerprint density at radius 1 is 1.09 bits per heavy atom. The van der Waals surface area contributed by atoms with E-state index in [1.165, 1.54) is 22.2 Å². The molecule has 4 rings (SSSR count). The minimum Gasteiger partial charge on any atom is -0.312 e. The van der Waals surface area contributed by atoms with E-state index in [1.54, 1.807) is 41.3 Å². The molecule has 1 saturated heterocycles. The van der Waals surface area contributed by atoms with Crippen LogP contribution in [0.4, 0.5) is 15.8 Å². The van der Waals surface area contributed by atoms with E-state index in [0.717, 1.165) is 24.1 Å². The number of amides is 2. The number of aryl methyl sites for hydroxylation is 1. The molecule has 0 atom stereocenters. The Bertz CT molecular complexity index is 1210. The Morgan fingerprint density at radius 3 is 2.46 bits per heavy atom. The third-order valence-corrected chi connectivity index (χ3v) is 8.74. The Balaban J connectivity index is 1.47. The maximum Gasteiger partial charge on any atom is 0.243 e. The molecule has 9 heteroatoms. The fourth-order valence-electron chi connectivity index (χ4n) is 5.02. The predicted molar refractivity (Wildman–Crippen MR) is 133 cm³/mol. The van der Waals surface area contributed by atoms with Crippen molar-refractivity contribution in [1.29, 1.82) is 0 Å². The van der Waals surface area contributed by atoms with Crippen LogP contribution in [0.2, 0.25) is 0 Å². The van der Waals surface area contributed by atoms with Gasteiger partial charge in [0.25, 0.3) is 0 Å². The number of carbonyl (C=O) groups excluding carboxylic acids is 2. The van der Waals surface area contributed by atoms with Crippen LogP contribution >= 0.6 is 0 Å². The molecule has 2 aromatic carbocycles. The topological polar surface area (TPSA) is 78.0 Å². The number of carbonyl (C=O) groups is 2. The van der Waals surface area contributed by atoms with E-state index in [4.69, 9.17) is 0 Å². The number of para-hydroxylation sites is 1. The van der Waals surface area contributed by atoms with Gasteiger partial charge in [-0.25, -0.2) is 12.8 Å². The number of hydrogen-bond donors (Lipinski definition) is 0. The largest absolute Gasteiger partial charge is 0.312 e. The Hall–Kier alpha value is -2.78. The molecule has 7 nitrogen and oxygen atoms in total. The van der Waals surface area contributed by atoms with Crippen molar-refractivity contribution in [3.05, 3.63) is 53.8 Å². The second-order valence-electron chi connectivity index (χ2n) is 9.18. The van der Waals surface area contributed by atoms with Gasteiger partial charge in [0, 0.05) is 44.7 Å². The van der Waals surface area contributed by atoms with Crippen LogP contribution in [0.25, 0.3) is 0 Å². The summed E-state index contributed by atoms with van der Waals surface area (Å²) in [7, 11) is -3.73. The lowest BCUT2D eigenvalue weighted by molar-refractivity contribution is -0.123. The maximum absolute atomic E-state index is 14.4. The van der Waals surface area contributed by atoms with E-state index >= 15 is 0 Å². The molecule has 0 saturated carbocycles. The van der Waals surface area contributed by atoms with E-state index < -0.39 is 15.8 Å². The average molecular weight is 502 g/mol. The lowest BCUT2D eigenvalue weighted by Gasteiger charge is -2.34. The van der Waals surface area contributed by atoms with Crippen LogP contribution in [0.3, 0.4) is 0 Å². The SMILES string of the molecule is CCCN(C(=O)C1CCN(S(=O)(=O)c2ccc3c(c2)CCCN3C(C)=O)CC1)c1ccccc1F. The minimum absolute atomic E-state index is 0.0548. The molecule has 188 valence electrons. The van der Waals surface area contributed by atoms with Crippen LogP contribution in [-0.4, -0.2) is 50.7 Å². The van der Waals surface area contributed by atoms with Crippen LogP contribution in [-0.2, 0) is 26.0 Å². The number of rotatable bonds is 6. The first-order valence-corrected chi connectivity index (χ1v) is 13.6. The highest BCUT2D eigenvalue weighted by Crippen LogP contribution is 2.32. The Morgan fingerprint density at radius 2 is 1.80 bits per heavy atom. The summed E-state index contributed by atoms with van der Waals surface area (Å²) < 4.78 is 42.5. The molecular formula is C26H32FN3O4S. The third-order valence-electron chi connectivity index (χ3n) is 6.85. The lowest BCUT2D eigenvalue weighted by Crippen LogP contribution is -2.45. The van der Waals surface area contributed by atoms with Gasteiger partial charge in [-0.15, -0.1) is 0 Å². The molecule has 0 aromatic heterocycles. The summed E-state index contributed by atoms with van der Waals surface area (Å²) in [4.78, 5) is 28.6. The summed E-state index contributed by atoms with van der Waals surface area (Å²) in [6.07, 6.45) is 2.97. The predicted octanol–water partition coefficient (Wildman–Crippen LogP) is 3.97. The van der Waals surface area contributed by atoms with Gasteiger partial charge in [0.15, 0.2) is 0 Å². The second-order valence-corrected chi connectivity index (χ2v) is 11.1. The van der Waals surface area contributed by atoms with Crippen molar-refractivity contribution in [2.24, 2.45) is 5.92 Å². The molecular weight excluding hydrogens is 469 g/mol. The lowest BCUT2D eigenvalue weighted by atomic mass is 9.96. The van der Waals surface area contributed by atoms with Gasteiger partial charge in [-0.05, 0) is 68.0 Å². The first-order valence-electron chi connectivity index (χ1n) is 12.2. The van der Waals surface area contributed by atoms with Gasteiger partial charge < -0.3 is 9.80 Å². The number of benzene rings is 2. The minimum atomic E-state index is -3.73. The number of halogens is 1. The third kappa shape index (κ3) is 5.11. The standard InChI is InChI=1S/C26H32FN3O4S/c1-3-14-30(25-9-5-4-8-23(25)27)26(32)20-12-16-28(17-13-20)35(33,34)22-10-11-24-21(18-22)7-6-15-29(24)19(2)31/h4-5,8-11,18,20H,3,6-7,12-17H2,1-2H3. The summed E-state index contributed by atoms with van der Waals surface area (Å²) in [6.45, 7) is 4.95. The van der Waals surface area contributed by atoms with Crippen LogP contribution < -0.4 is 9.80 Å². The zero-order valence-corrected chi connectivity index (χ0v) is 21.1. The fraction of sp³-hybridized carbons (Fsp3) is 0.462. The highest BCUT2D eigenvalue weighted by Gasteiger charge is 2.35. The van der Waals surface area contributed by atoms with Crippen molar-refractivity contribution in [3.8, 4) is 0 Å². The quantitative estimate of drug-likeness (QED) is 0.600. The number of nitrogens with zero attached hydrogens (tertiary/aromatic N) is 3. The highest BCUT2D eigenvalue weighted by atomic mass is 32.2. The van der Waals surface area contributed by atoms with Gasteiger partial charge in [-0.2, -0.15) is 4.31 Å². The van der Waals surface area contributed by atoms with Gasteiger partial charge in [-0.3, -0.25) is 9.59 Å². The highest BCUT2D eigenvalue weighted by molar-refractivity contribution is 7.89. The molecule has 2 aromatic rings. The summed E-state index contributed by atoms with van der Waals surface area (Å²) in [5.74, 6) is -1.02. The number of piperidine rings is 1. The van der Waals surface area contributed by atoms with Crippen molar-refractivity contribution < 1.29 is 22.4 Å². The number of fused-ring (bicyclic) bond motifs is 1. The summed E-state index contributed by atoms with van der Waals surface area (Å²) in [5.41, 5.74) is 1.90. The fourth-order valence-corrected chi connectivity index (χ4v) is 6.54. The molecule has 1 fully saturated rings. The van der Waals surface area contributed by atoms with Gasteiger partial charge in [0.1, 0.15) is 5.82 Å². The van der Waals surface area contributed by atoms with Gasteiger partial charge in [0.05, 0.1) is 10.6 Å². The number of anilines is 2. The van der Waals surface area contributed by atoms with Crippen LogP contribution in [0.1, 0.15) is 45.1 Å². The molecule has 2 amide bonds. The molecule has 0 N–H and O–H groups in total. The van der Waals surface area contributed by atoms with Crippen LogP contribution in [0, 0.1) is 11.7 Å². The van der Waals surface area contributed by atoms with E-state index in [2.05, 4.69) is 0 Å². The number of sulfonamides is 1. The van der Waals surface area contributed by atoms with Gasteiger partial charge >= 0.3 is 0 Å². The van der Waals surface area contributed by atoms with E-state index in [0.29, 0.717) is 32.4 Å². The molecule has 0 radical (unpaired) electrons. The smallest absolute Gasteiger partial charge is 0.243 e. The first-order chi connectivity index (χ1) is 16.7. The van der Waals surface area contributed by atoms with Gasteiger partial charge in [0.2, 0.25) is 21.8 Å². The average Bonchev–Trinajstić information content (AvgIpc) is 2.86. The summed E-state index contributed by atoms with van der Waals surface area (Å²) in [6, 6.07) is 11.2. The van der Waals surface area contributed by atoms with Crippen molar-refractivity contribution in [2.45, 2.75) is 50.8 Å². The maximum atomic E-state index is 14.4. The van der Waals surface area contributed by atoms with Crippen molar-refractivity contribution in [2.75, 3.05) is 36.0 Å². The van der Waals surface area contributed by atoms with Gasteiger partial charge in [-0.1, -0.05) is 19.1 Å². The zero-order valence-electron chi connectivity index (χ0n) is 20.2. The van der Waals surface area contributed by atoms with E-state index in [-0.39, 0.29) is 41.4 Å². The van der Waals surface area contributed by atoms with Crippen molar-refractivity contribution >= 4 is 33.2 Å². The van der Waals surface area contributed by atoms with E-state index in [9.17, 15) is 22.4 Å². The van der Waals surface area contributed by atoms with Crippen molar-refractivity contribution in [3.63, 3.8) is 0 Å². The Kier molecular flexibility index (Phi) is 7.56. The summed E-state index contributed by atoms with van der Waals surface area (Å²) in [5, 5.41) is 0.